The van der Waals surface area contributed by atoms with Crippen molar-refractivity contribution in [2.75, 3.05) is 11.9 Å². The summed E-state index contributed by atoms with van der Waals surface area (Å²) in [4.78, 5) is 28.5. The van der Waals surface area contributed by atoms with E-state index in [-0.39, 0.29) is 22.6 Å². The molecular weight excluding hydrogens is 435 g/mol. The highest BCUT2D eigenvalue weighted by molar-refractivity contribution is 6.05. The van der Waals surface area contributed by atoms with Crippen LogP contribution in [0.15, 0.2) is 58.9 Å². The van der Waals surface area contributed by atoms with E-state index in [4.69, 9.17) is 4.74 Å². The topological polar surface area (TPSA) is 88.8 Å². The third-order valence-electron chi connectivity index (χ3n) is 4.14. The van der Waals surface area contributed by atoms with Gasteiger partial charge in [-0.3, -0.25) is 9.78 Å². The zero-order valence-electron chi connectivity index (χ0n) is 18.8. The van der Waals surface area contributed by atoms with Gasteiger partial charge in [0.2, 0.25) is 0 Å². The Bertz CT molecular complexity index is 1040. The number of carbonyl (C=O) groups is 1. The number of ether oxygens (including phenoxy) is 1. The van der Waals surface area contributed by atoms with Gasteiger partial charge in [0, 0.05) is 24.0 Å². The van der Waals surface area contributed by atoms with E-state index in [9.17, 15) is 18.0 Å². The first kappa shape index (κ1) is 25.7. The van der Waals surface area contributed by atoms with Crippen LogP contribution in [0.25, 0.3) is 0 Å². The number of nitrogens with zero attached hydrogens (tertiary/aromatic N) is 4. The van der Waals surface area contributed by atoms with E-state index in [0.717, 1.165) is 19.1 Å². The largest absolute Gasteiger partial charge is 0.491 e. The molecule has 0 spiro atoms. The van der Waals surface area contributed by atoms with Crippen molar-refractivity contribution in [2.45, 2.75) is 33.9 Å². The van der Waals surface area contributed by atoms with Crippen LogP contribution in [-0.4, -0.2) is 41.2 Å². The Morgan fingerprint density at radius 3 is 2.64 bits per heavy atom. The average Bonchev–Trinajstić information content (AvgIpc) is 2.74. The van der Waals surface area contributed by atoms with Gasteiger partial charge < -0.3 is 10.1 Å². The normalized spacial score (nSPS) is 13.6. The molecule has 176 valence electrons. The third-order valence-corrected chi connectivity index (χ3v) is 4.14. The fourth-order valence-electron chi connectivity index (χ4n) is 2.29. The summed E-state index contributed by atoms with van der Waals surface area (Å²) in [5, 5.41) is 2.74. The summed E-state index contributed by atoms with van der Waals surface area (Å²) in [6, 6.07) is 4.51. The molecule has 1 amide bonds. The predicted octanol–water partition coefficient (Wildman–Crippen LogP) is 5.64. The first-order valence-corrected chi connectivity index (χ1v) is 10.0. The van der Waals surface area contributed by atoms with Gasteiger partial charge in [0.25, 0.3) is 5.91 Å². The van der Waals surface area contributed by atoms with E-state index < -0.39 is 18.0 Å². The van der Waals surface area contributed by atoms with E-state index in [1.54, 1.807) is 12.3 Å². The quantitative estimate of drug-likeness (QED) is 0.427. The van der Waals surface area contributed by atoms with E-state index in [1.165, 1.54) is 24.5 Å². The summed E-state index contributed by atoms with van der Waals surface area (Å²) in [6.45, 7) is 10.8. The fraction of sp³-hybridized carbons (Fsp3) is 0.348. The van der Waals surface area contributed by atoms with Crippen LogP contribution in [-0.2, 0) is 0 Å². The molecule has 0 fully saturated rings. The van der Waals surface area contributed by atoms with E-state index >= 15 is 0 Å². The summed E-state index contributed by atoms with van der Waals surface area (Å²) in [5.74, 6) is -1.64. The molecule has 1 atom stereocenters. The van der Waals surface area contributed by atoms with Gasteiger partial charge in [0.1, 0.15) is 11.4 Å². The Balaban J connectivity index is 2.19. The molecule has 1 N–H and O–H groups in total. The number of alkyl halides is 3. The smallest absolute Gasteiger partial charge is 0.394 e. The van der Waals surface area contributed by atoms with Crippen LogP contribution in [0.2, 0.25) is 0 Å². The monoisotopic (exact) mass is 461 g/mol. The number of anilines is 1. The lowest BCUT2D eigenvalue weighted by atomic mass is 9.99. The maximum Gasteiger partial charge on any atom is 0.394 e. The molecule has 7 nitrogen and oxygen atoms in total. The van der Waals surface area contributed by atoms with E-state index in [0.29, 0.717) is 18.0 Å². The molecule has 2 aromatic heterocycles. The molecule has 0 radical (unpaired) electrons. The van der Waals surface area contributed by atoms with Crippen LogP contribution in [0.5, 0.6) is 5.75 Å². The van der Waals surface area contributed by atoms with Gasteiger partial charge in [-0.25, -0.2) is 15.0 Å². The number of aliphatic imine (C=N–C) groups is 2. The fourth-order valence-corrected chi connectivity index (χ4v) is 2.29. The molecule has 0 saturated carbocycles. The minimum Gasteiger partial charge on any atom is -0.491 e. The highest BCUT2D eigenvalue weighted by Crippen LogP contribution is 2.27. The van der Waals surface area contributed by atoms with Gasteiger partial charge in [-0.1, -0.05) is 33.8 Å². The number of pyridine rings is 2. The summed E-state index contributed by atoms with van der Waals surface area (Å²) in [7, 11) is 0. The Morgan fingerprint density at radius 1 is 1.27 bits per heavy atom. The summed E-state index contributed by atoms with van der Waals surface area (Å²) in [6.07, 6.45) is 2.05. The Hall–Kier alpha value is -3.56. The van der Waals surface area contributed by atoms with Crippen molar-refractivity contribution >= 4 is 30.0 Å². The maximum atomic E-state index is 12.8. The van der Waals surface area contributed by atoms with Crippen molar-refractivity contribution < 1.29 is 22.7 Å². The molecule has 2 aromatic rings. The van der Waals surface area contributed by atoms with Crippen LogP contribution in [0.4, 0.5) is 24.7 Å². The lowest BCUT2D eigenvalue weighted by Crippen LogP contribution is -2.18. The predicted molar refractivity (Wildman–Crippen MR) is 122 cm³/mol. The minimum atomic E-state index is -4.37. The lowest BCUT2D eigenvalue weighted by molar-refractivity contribution is -0.156. The second-order valence-electron chi connectivity index (χ2n) is 8.40. The van der Waals surface area contributed by atoms with Gasteiger partial charge in [-0.15, -0.1) is 0 Å². The Labute approximate surface area is 190 Å². The highest BCUT2D eigenvalue weighted by atomic mass is 19.4. The van der Waals surface area contributed by atoms with Gasteiger partial charge in [0.05, 0.1) is 18.7 Å². The summed E-state index contributed by atoms with van der Waals surface area (Å²) in [5.41, 5.74) is 0.544. The SMILES string of the molecule is C=NC(/C=C\C(C)C(F)(F)F)=Nc1cc(C(=O)Nc2cnccc2OCC(C)(C)C)ccn1. The molecule has 0 aliphatic rings. The number of carbonyl (C=O) groups excluding carboxylic acids is 1. The number of hydrogen-bond donors (Lipinski definition) is 1. The van der Waals surface area contributed by atoms with Crippen LogP contribution < -0.4 is 10.1 Å². The number of amidine groups is 1. The standard InChI is InChI=1S/C23H26F3N5O2/c1-15(23(24,25)26)6-7-19(27-5)31-20-12-16(8-11-29-20)21(32)30-17-13-28-10-9-18(17)33-14-22(2,3)4/h6-13,15H,5,14H2,1-4H3,(H,30,32)/b7-6-,31-19?. The summed E-state index contributed by atoms with van der Waals surface area (Å²) >= 11 is 0. The van der Waals surface area contributed by atoms with E-state index in [1.807, 2.05) is 20.8 Å². The van der Waals surface area contributed by atoms with Gasteiger partial charge in [-0.2, -0.15) is 13.2 Å². The molecule has 0 aliphatic heterocycles. The number of allylic oxidation sites excluding steroid dienone is 1. The van der Waals surface area contributed by atoms with Crippen molar-refractivity contribution in [2.24, 2.45) is 21.3 Å². The van der Waals surface area contributed by atoms with Crippen molar-refractivity contribution in [1.82, 2.24) is 9.97 Å². The molecule has 0 aromatic carbocycles. The van der Waals surface area contributed by atoms with Crippen molar-refractivity contribution in [3.05, 3.63) is 54.5 Å². The summed E-state index contributed by atoms with van der Waals surface area (Å²) < 4.78 is 43.8. The molecule has 0 bridgehead atoms. The number of aromatic nitrogens is 2. The third kappa shape index (κ3) is 8.47. The Kier molecular flexibility index (Phi) is 8.44. The molecule has 10 heteroatoms. The van der Waals surface area contributed by atoms with Crippen LogP contribution >= 0.6 is 0 Å². The number of hydrogen-bond acceptors (Lipinski definition) is 5. The molecule has 2 heterocycles. The average molecular weight is 461 g/mol. The second kappa shape index (κ2) is 10.8. The van der Waals surface area contributed by atoms with Crippen LogP contribution in [0.1, 0.15) is 38.1 Å². The first-order chi connectivity index (χ1) is 15.4. The molecule has 0 aliphatic carbocycles. The molecular formula is C23H26F3N5O2. The van der Waals surface area contributed by atoms with E-state index in [2.05, 4.69) is 32.0 Å². The second-order valence-corrected chi connectivity index (χ2v) is 8.40. The van der Waals surface area contributed by atoms with Crippen LogP contribution in [0.3, 0.4) is 0 Å². The molecule has 1 unspecified atom stereocenters. The number of rotatable bonds is 7. The zero-order valence-corrected chi connectivity index (χ0v) is 18.8. The van der Waals surface area contributed by atoms with Crippen LogP contribution in [0, 0.1) is 11.3 Å². The van der Waals surface area contributed by atoms with Gasteiger partial charge >= 0.3 is 6.18 Å². The highest BCUT2D eigenvalue weighted by Gasteiger charge is 2.33. The first-order valence-electron chi connectivity index (χ1n) is 10.0. The molecule has 0 saturated heterocycles. The number of nitrogens with one attached hydrogen (secondary N) is 1. The Morgan fingerprint density at radius 2 is 2.00 bits per heavy atom. The van der Waals surface area contributed by atoms with Crippen molar-refractivity contribution in [1.29, 1.82) is 0 Å². The molecule has 2 rings (SSSR count). The van der Waals surface area contributed by atoms with Gasteiger partial charge in [0.15, 0.2) is 11.7 Å². The van der Waals surface area contributed by atoms with Crippen molar-refractivity contribution in [3.63, 3.8) is 0 Å². The zero-order chi connectivity index (χ0) is 24.6. The maximum absolute atomic E-state index is 12.8. The lowest BCUT2D eigenvalue weighted by Gasteiger charge is -2.20. The number of amides is 1. The van der Waals surface area contributed by atoms with Crippen molar-refractivity contribution in [3.8, 4) is 5.75 Å². The number of halogens is 3. The molecule has 33 heavy (non-hydrogen) atoms. The minimum absolute atomic E-state index is 0.0683. The van der Waals surface area contributed by atoms with Gasteiger partial charge in [-0.05, 0) is 30.3 Å².